The normalized spacial score (nSPS) is 11.0. The first-order chi connectivity index (χ1) is 16.1. The Morgan fingerprint density at radius 1 is 1.09 bits per heavy atom. The van der Waals surface area contributed by atoms with E-state index in [4.69, 9.17) is 9.26 Å². The van der Waals surface area contributed by atoms with E-state index in [1.165, 1.54) is 0 Å². The average Bonchev–Trinajstić information content (AvgIpc) is 3.49. The molecule has 0 aliphatic heterocycles. The maximum absolute atomic E-state index is 12.9. The minimum Gasteiger partial charge on any atom is -0.494 e. The van der Waals surface area contributed by atoms with Crippen molar-refractivity contribution in [3.05, 3.63) is 84.3 Å². The van der Waals surface area contributed by atoms with Crippen molar-refractivity contribution in [3.63, 3.8) is 0 Å². The Kier molecular flexibility index (Phi) is 5.32. The van der Waals surface area contributed by atoms with Gasteiger partial charge in [0.25, 0.3) is 11.8 Å². The number of nitrogens with zero attached hydrogens (tertiary/aromatic N) is 4. The van der Waals surface area contributed by atoms with Gasteiger partial charge in [-0.3, -0.25) is 9.20 Å². The first-order valence-electron chi connectivity index (χ1n) is 10.5. The van der Waals surface area contributed by atoms with E-state index in [-0.39, 0.29) is 5.91 Å². The first kappa shape index (κ1) is 20.4. The number of aryl methyl sites for hydroxylation is 1. The van der Waals surface area contributed by atoms with E-state index < -0.39 is 0 Å². The number of carbonyl (C=O) groups is 1. The number of rotatable bonds is 6. The minimum atomic E-state index is -0.257. The summed E-state index contributed by atoms with van der Waals surface area (Å²) in [6, 6.07) is 18.7. The largest absolute Gasteiger partial charge is 0.494 e. The number of hydrogen-bond donors (Lipinski definition) is 1. The van der Waals surface area contributed by atoms with Crippen LogP contribution in [0.4, 0.5) is 5.69 Å². The van der Waals surface area contributed by atoms with Gasteiger partial charge >= 0.3 is 0 Å². The number of benzene rings is 2. The predicted molar refractivity (Wildman–Crippen MR) is 124 cm³/mol. The molecule has 0 saturated heterocycles. The summed E-state index contributed by atoms with van der Waals surface area (Å²) in [5.74, 6) is 1.31. The summed E-state index contributed by atoms with van der Waals surface area (Å²) in [6.07, 6.45) is 3.37. The van der Waals surface area contributed by atoms with Crippen LogP contribution in [-0.2, 0) is 0 Å². The predicted octanol–water partition coefficient (Wildman–Crippen LogP) is 5.01. The SMILES string of the molecule is CCOc1cccc(-c2noc(-c3ccc(C)c(NC(=O)c4cnc5ccccn45)c3)n2)c1. The zero-order valence-electron chi connectivity index (χ0n) is 18.1. The van der Waals surface area contributed by atoms with Gasteiger partial charge in [-0.1, -0.05) is 29.4 Å². The highest BCUT2D eigenvalue weighted by Crippen LogP contribution is 2.28. The molecule has 0 unspecified atom stereocenters. The van der Waals surface area contributed by atoms with Gasteiger partial charge in [0.1, 0.15) is 17.1 Å². The smallest absolute Gasteiger partial charge is 0.274 e. The van der Waals surface area contributed by atoms with Crippen LogP contribution in [0.25, 0.3) is 28.5 Å². The third-order valence-electron chi connectivity index (χ3n) is 5.21. The van der Waals surface area contributed by atoms with Gasteiger partial charge in [-0.2, -0.15) is 4.98 Å². The number of carbonyl (C=O) groups excluding carboxylic acids is 1. The van der Waals surface area contributed by atoms with Crippen LogP contribution in [-0.4, -0.2) is 32.0 Å². The second-order valence-electron chi connectivity index (χ2n) is 7.44. The quantitative estimate of drug-likeness (QED) is 0.400. The molecule has 5 rings (SSSR count). The van der Waals surface area contributed by atoms with Crippen molar-refractivity contribution < 1.29 is 14.1 Å². The van der Waals surface area contributed by atoms with Gasteiger partial charge in [-0.15, -0.1) is 0 Å². The maximum atomic E-state index is 12.9. The molecule has 0 radical (unpaired) electrons. The minimum absolute atomic E-state index is 0.257. The lowest BCUT2D eigenvalue weighted by Crippen LogP contribution is -2.15. The number of anilines is 1. The Balaban J connectivity index is 1.41. The van der Waals surface area contributed by atoms with Crippen LogP contribution >= 0.6 is 0 Å². The molecule has 3 aromatic heterocycles. The van der Waals surface area contributed by atoms with Crippen LogP contribution in [0.5, 0.6) is 5.75 Å². The van der Waals surface area contributed by atoms with Crippen molar-refractivity contribution in [1.29, 1.82) is 0 Å². The molecule has 8 nitrogen and oxygen atoms in total. The van der Waals surface area contributed by atoms with E-state index in [2.05, 4.69) is 20.4 Å². The van der Waals surface area contributed by atoms with Crippen molar-refractivity contribution in [2.45, 2.75) is 13.8 Å². The molecule has 33 heavy (non-hydrogen) atoms. The van der Waals surface area contributed by atoms with Crippen molar-refractivity contribution in [2.75, 3.05) is 11.9 Å². The Labute approximate surface area is 189 Å². The molecule has 164 valence electrons. The standard InChI is InChI=1S/C25H21N5O3/c1-3-32-19-8-6-7-17(13-19)23-28-25(33-29-23)18-11-10-16(2)20(14-18)27-24(31)21-15-26-22-9-4-5-12-30(21)22/h4-15H,3H2,1-2H3,(H,27,31). The number of ether oxygens (including phenoxy) is 1. The van der Waals surface area contributed by atoms with Crippen molar-refractivity contribution in [1.82, 2.24) is 19.5 Å². The van der Waals surface area contributed by atoms with E-state index in [0.717, 1.165) is 16.9 Å². The molecule has 0 bridgehead atoms. The zero-order valence-corrected chi connectivity index (χ0v) is 18.1. The topological polar surface area (TPSA) is 94.6 Å². The molecule has 0 atom stereocenters. The number of hydrogen-bond acceptors (Lipinski definition) is 6. The highest BCUT2D eigenvalue weighted by molar-refractivity contribution is 6.04. The van der Waals surface area contributed by atoms with E-state index in [1.54, 1.807) is 16.8 Å². The van der Waals surface area contributed by atoms with Gasteiger partial charge in [-0.25, -0.2) is 4.98 Å². The van der Waals surface area contributed by atoms with Crippen molar-refractivity contribution in [3.8, 4) is 28.6 Å². The summed E-state index contributed by atoms with van der Waals surface area (Å²) in [4.78, 5) is 21.7. The van der Waals surface area contributed by atoms with Gasteiger partial charge < -0.3 is 14.6 Å². The Hall–Kier alpha value is -4.46. The summed E-state index contributed by atoms with van der Waals surface area (Å²) < 4.78 is 12.8. The second kappa shape index (κ2) is 8.58. The number of aromatic nitrogens is 4. The van der Waals surface area contributed by atoms with Gasteiger partial charge in [0.2, 0.25) is 5.82 Å². The van der Waals surface area contributed by atoms with Gasteiger partial charge in [-0.05, 0) is 55.8 Å². The molecular weight excluding hydrogens is 418 g/mol. The lowest BCUT2D eigenvalue weighted by atomic mass is 10.1. The molecule has 5 aromatic rings. The number of fused-ring (bicyclic) bond motifs is 1. The van der Waals surface area contributed by atoms with Gasteiger partial charge in [0.15, 0.2) is 0 Å². The summed E-state index contributed by atoms with van der Waals surface area (Å²) in [5.41, 5.74) is 4.22. The maximum Gasteiger partial charge on any atom is 0.274 e. The summed E-state index contributed by atoms with van der Waals surface area (Å²) in [6.45, 7) is 4.43. The fourth-order valence-electron chi connectivity index (χ4n) is 3.53. The van der Waals surface area contributed by atoms with Crippen LogP contribution in [0.15, 0.2) is 77.6 Å². The summed E-state index contributed by atoms with van der Waals surface area (Å²) in [7, 11) is 0. The van der Waals surface area contributed by atoms with Crippen LogP contribution in [0.3, 0.4) is 0 Å². The number of nitrogens with one attached hydrogen (secondary N) is 1. The molecule has 2 aromatic carbocycles. The van der Waals surface area contributed by atoms with Crippen LogP contribution in [0.2, 0.25) is 0 Å². The Morgan fingerprint density at radius 3 is 2.88 bits per heavy atom. The molecule has 1 amide bonds. The van der Waals surface area contributed by atoms with E-state index in [9.17, 15) is 4.79 Å². The molecule has 0 aliphatic carbocycles. The fraction of sp³-hybridized carbons (Fsp3) is 0.120. The number of amides is 1. The lowest BCUT2D eigenvalue weighted by Gasteiger charge is -2.09. The molecule has 0 aliphatic rings. The number of pyridine rings is 1. The van der Waals surface area contributed by atoms with Crippen molar-refractivity contribution >= 4 is 17.2 Å². The van der Waals surface area contributed by atoms with Gasteiger partial charge in [0.05, 0.1) is 12.8 Å². The summed E-state index contributed by atoms with van der Waals surface area (Å²) in [5, 5.41) is 7.08. The highest BCUT2D eigenvalue weighted by atomic mass is 16.5. The third-order valence-corrected chi connectivity index (χ3v) is 5.21. The van der Waals surface area contributed by atoms with E-state index in [0.29, 0.717) is 40.9 Å². The Morgan fingerprint density at radius 2 is 2.00 bits per heavy atom. The molecule has 0 fully saturated rings. The van der Waals surface area contributed by atoms with Gasteiger partial charge in [0, 0.05) is 23.0 Å². The molecule has 8 heteroatoms. The Bertz CT molecular complexity index is 1450. The molecule has 1 N–H and O–H groups in total. The van der Waals surface area contributed by atoms with Crippen LogP contribution in [0.1, 0.15) is 23.0 Å². The third kappa shape index (κ3) is 4.06. The zero-order chi connectivity index (χ0) is 22.8. The average molecular weight is 439 g/mol. The van der Waals surface area contributed by atoms with E-state index >= 15 is 0 Å². The molecule has 0 saturated carbocycles. The van der Waals surface area contributed by atoms with E-state index in [1.807, 2.05) is 74.5 Å². The van der Waals surface area contributed by atoms with Crippen molar-refractivity contribution in [2.24, 2.45) is 0 Å². The summed E-state index contributed by atoms with van der Waals surface area (Å²) >= 11 is 0. The fourth-order valence-corrected chi connectivity index (χ4v) is 3.53. The molecular formula is C25H21N5O3. The van der Waals surface area contributed by atoms with Crippen LogP contribution in [0, 0.1) is 6.92 Å². The monoisotopic (exact) mass is 439 g/mol. The lowest BCUT2D eigenvalue weighted by molar-refractivity contribution is 0.102. The molecule has 3 heterocycles. The number of imidazole rings is 1. The molecule has 0 spiro atoms. The highest BCUT2D eigenvalue weighted by Gasteiger charge is 2.16. The first-order valence-corrected chi connectivity index (χ1v) is 10.5. The van der Waals surface area contributed by atoms with Crippen LogP contribution < -0.4 is 10.1 Å². The second-order valence-corrected chi connectivity index (χ2v) is 7.44.